The van der Waals surface area contributed by atoms with Gasteiger partial charge in [0.25, 0.3) is 0 Å². The van der Waals surface area contributed by atoms with Crippen LogP contribution in [0.5, 0.6) is 0 Å². The highest BCUT2D eigenvalue weighted by Gasteiger charge is 2.27. The second-order valence-corrected chi connectivity index (χ2v) is 6.96. The van der Waals surface area contributed by atoms with Gasteiger partial charge in [-0.3, -0.25) is 14.4 Å². The summed E-state index contributed by atoms with van der Waals surface area (Å²) in [6, 6.07) is -0.611. The van der Waals surface area contributed by atoms with Crippen LogP contribution < -0.4 is 16.4 Å². The van der Waals surface area contributed by atoms with Crippen molar-refractivity contribution >= 4 is 17.7 Å². The minimum Gasteiger partial charge on any atom is -0.369 e. The van der Waals surface area contributed by atoms with Crippen LogP contribution in [-0.2, 0) is 14.4 Å². The van der Waals surface area contributed by atoms with Crippen molar-refractivity contribution in [1.82, 2.24) is 10.6 Å². The Bertz CT molecular complexity index is 415. The van der Waals surface area contributed by atoms with E-state index in [2.05, 4.69) is 10.6 Å². The Morgan fingerprint density at radius 2 is 1.77 bits per heavy atom. The van der Waals surface area contributed by atoms with Crippen LogP contribution in [0.4, 0.5) is 0 Å². The molecule has 4 N–H and O–H groups in total. The maximum atomic E-state index is 12.0. The van der Waals surface area contributed by atoms with Gasteiger partial charge in [-0.05, 0) is 39.5 Å². The maximum Gasteiger partial charge on any atom is 0.242 e. The second kappa shape index (κ2) is 8.15. The largest absolute Gasteiger partial charge is 0.369 e. The van der Waals surface area contributed by atoms with E-state index in [0.29, 0.717) is 12.3 Å². The summed E-state index contributed by atoms with van der Waals surface area (Å²) < 4.78 is 0. The zero-order chi connectivity index (χ0) is 16.8. The molecular formula is C16H29N3O3. The van der Waals surface area contributed by atoms with Crippen molar-refractivity contribution in [2.75, 3.05) is 6.54 Å². The van der Waals surface area contributed by atoms with Crippen LogP contribution in [0.25, 0.3) is 0 Å². The number of rotatable bonds is 7. The molecule has 0 bridgehead atoms. The quantitative estimate of drug-likeness (QED) is 0.656. The first kappa shape index (κ1) is 18.5. The lowest BCUT2D eigenvalue weighted by molar-refractivity contribution is -0.130. The third-order valence-electron chi connectivity index (χ3n) is 4.34. The van der Waals surface area contributed by atoms with E-state index in [1.165, 1.54) is 19.3 Å². The average molecular weight is 311 g/mol. The number of carbonyl (C=O) groups excluding carboxylic acids is 3. The fraction of sp³-hybridized carbons (Fsp3) is 0.812. The lowest BCUT2D eigenvalue weighted by Gasteiger charge is -2.24. The van der Waals surface area contributed by atoms with Gasteiger partial charge in [-0.15, -0.1) is 0 Å². The molecule has 0 aromatic rings. The Morgan fingerprint density at radius 3 is 2.32 bits per heavy atom. The minimum atomic E-state index is -0.804. The SMILES string of the molecule is CC(NC(=O)CC1CCCCC1)C(=O)NCC(C)(C)C(N)=O. The topological polar surface area (TPSA) is 101 Å². The highest BCUT2D eigenvalue weighted by atomic mass is 16.2. The molecule has 6 nitrogen and oxygen atoms in total. The predicted molar refractivity (Wildman–Crippen MR) is 84.8 cm³/mol. The highest BCUT2D eigenvalue weighted by Crippen LogP contribution is 2.26. The summed E-state index contributed by atoms with van der Waals surface area (Å²) in [5, 5.41) is 5.38. The minimum absolute atomic E-state index is 0.0799. The lowest BCUT2D eigenvalue weighted by Crippen LogP contribution is -2.49. The number of amides is 3. The van der Waals surface area contributed by atoms with Gasteiger partial charge in [0.1, 0.15) is 6.04 Å². The summed E-state index contributed by atoms with van der Waals surface area (Å²) >= 11 is 0. The van der Waals surface area contributed by atoms with Crippen LogP contribution in [0.3, 0.4) is 0 Å². The molecule has 1 atom stereocenters. The van der Waals surface area contributed by atoms with Crippen LogP contribution in [0, 0.1) is 11.3 Å². The number of hydrogen-bond donors (Lipinski definition) is 3. The first-order valence-electron chi connectivity index (χ1n) is 8.09. The van der Waals surface area contributed by atoms with Crippen molar-refractivity contribution in [2.45, 2.75) is 65.3 Å². The van der Waals surface area contributed by atoms with E-state index in [0.717, 1.165) is 12.8 Å². The normalized spacial score (nSPS) is 17.6. The van der Waals surface area contributed by atoms with Crippen molar-refractivity contribution in [3.05, 3.63) is 0 Å². The molecule has 126 valence electrons. The Morgan fingerprint density at radius 1 is 1.18 bits per heavy atom. The number of nitrogens with one attached hydrogen (secondary N) is 2. The molecule has 0 aliphatic heterocycles. The Hall–Kier alpha value is -1.59. The van der Waals surface area contributed by atoms with Gasteiger partial charge in [-0.1, -0.05) is 19.3 Å². The smallest absolute Gasteiger partial charge is 0.242 e. The summed E-state index contributed by atoms with van der Waals surface area (Å²) in [7, 11) is 0. The number of primary amides is 1. The molecule has 0 saturated heterocycles. The maximum absolute atomic E-state index is 12.0. The van der Waals surface area contributed by atoms with Crippen LogP contribution in [0.2, 0.25) is 0 Å². The summed E-state index contributed by atoms with van der Waals surface area (Å²) in [6.07, 6.45) is 6.32. The molecule has 0 spiro atoms. The lowest BCUT2D eigenvalue weighted by atomic mass is 9.87. The van der Waals surface area contributed by atoms with Gasteiger partial charge >= 0.3 is 0 Å². The number of carbonyl (C=O) groups is 3. The molecule has 1 saturated carbocycles. The van der Waals surface area contributed by atoms with Crippen LogP contribution >= 0.6 is 0 Å². The first-order chi connectivity index (χ1) is 10.2. The molecule has 0 aromatic carbocycles. The van der Waals surface area contributed by atoms with Gasteiger partial charge in [0.05, 0.1) is 5.41 Å². The summed E-state index contributed by atoms with van der Waals surface area (Å²) in [5.74, 6) is -0.408. The van der Waals surface area contributed by atoms with Gasteiger partial charge < -0.3 is 16.4 Å². The number of nitrogens with two attached hydrogens (primary N) is 1. The molecule has 1 rings (SSSR count). The van der Waals surface area contributed by atoms with Gasteiger partial charge in [-0.25, -0.2) is 0 Å². The molecule has 1 fully saturated rings. The Kier molecular flexibility index (Phi) is 6.84. The van der Waals surface area contributed by atoms with E-state index in [-0.39, 0.29) is 18.4 Å². The number of hydrogen-bond acceptors (Lipinski definition) is 3. The third kappa shape index (κ3) is 6.03. The van der Waals surface area contributed by atoms with Gasteiger partial charge in [-0.2, -0.15) is 0 Å². The Balaban J connectivity index is 2.33. The van der Waals surface area contributed by atoms with Crippen molar-refractivity contribution in [3.8, 4) is 0 Å². The molecule has 1 unspecified atom stereocenters. The van der Waals surface area contributed by atoms with Crippen molar-refractivity contribution < 1.29 is 14.4 Å². The first-order valence-corrected chi connectivity index (χ1v) is 8.09. The van der Waals surface area contributed by atoms with E-state index < -0.39 is 17.4 Å². The predicted octanol–water partition coefficient (Wildman–Crippen LogP) is 1.09. The second-order valence-electron chi connectivity index (χ2n) is 6.96. The highest BCUT2D eigenvalue weighted by molar-refractivity contribution is 5.88. The van der Waals surface area contributed by atoms with Gasteiger partial charge in [0, 0.05) is 13.0 Å². The zero-order valence-electron chi connectivity index (χ0n) is 13.9. The summed E-state index contributed by atoms with van der Waals surface area (Å²) in [4.78, 5) is 35.1. The standard InChI is InChI=1S/C16H29N3O3/c1-11(14(21)18-10-16(2,3)15(17)22)19-13(20)9-12-7-5-4-6-8-12/h11-12H,4-10H2,1-3H3,(H2,17,22)(H,18,21)(H,19,20). The molecule has 1 aliphatic rings. The van der Waals surface area contributed by atoms with E-state index in [9.17, 15) is 14.4 Å². The van der Waals surface area contributed by atoms with E-state index in [4.69, 9.17) is 5.73 Å². The molecule has 22 heavy (non-hydrogen) atoms. The molecular weight excluding hydrogens is 282 g/mol. The van der Waals surface area contributed by atoms with Crippen molar-refractivity contribution in [2.24, 2.45) is 17.1 Å². The van der Waals surface area contributed by atoms with E-state index in [1.807, 2.05) is 0 Å². The molecule has 6 heteroatoms. The third-order valence-corrected chi connectivity index (χ3v) is 4.34. The van der Waals surface area contributed by atoms with E-state index >= 15 is 0 Å². The van der Waals surface area contributed by atoms with Gasteiger partial charge in [0.2, 0.25) is 17.7 Å². The molecule has 0 heterocycles. The van der Waals surface area contributed by atoms with E-state index in [1.54, 1.807) is 20.8 Å². The summed E-state index contributed by atoms with van der Waals surface area (Å²) in [6.45, 7) is 5.14. The molecule has 0 radical (unpaired) electrons. The molecule has 0 aromatic heterocycles. The van der Waals surface area contributed by atoms with Crippen LogP contribution in [0.15, 0.2) is 0 Å². The average Bonchev–Trinajstić information content (AvgIpc) is 2.45. The van der Waals surface area contributed by atoms with Crippen LogP contribution in [-0.4, -0.2) is 30.3 Å². The fourth-order valence-electron chi connectivity index (χ4n) is 2.57. The van der Waals surface area contributed by atoms with Crippen molar-refractivity contribution in [1.29, 1.82) is 0 Å². The van der Waals surface area contributed by atoms with Crippen molar-refractivity contribution in [3.63, 3.8) is 0 Å². The molecule has 3 amide bonds. The Labute approximate surface area is 132 Å². The molecule has 1 aliphatic carbocycles. The van der Waals surface area contributed by atoms with Gasteiger partial charge in [0.15, 0.2) is 0 Å². The summed E-state index contributed by atoms with van der Waals surface area (Å²) in [5.41, 5.74) is 4.45. The van der Waals surface area contributed by atoms with Crippen LogP contribution in [0.1, 0.15) is 59.3 Å². The monoisotopic (exact) mass is 311 g/mol. The fourth-order valence-corrected chi connectivity index (χ4v) is 2.57. The zero-order valence-corrected chi connectivity index (χ0v) is 13.9.